The Balaban J connectivity index is 5.21. The highest BCUT2D eigenvalue weighted by molar-refractivity contribution is 9.11. The first-order valence-corrected chi connectivity index (χ1v) is 6.55. The highest BCUT2D eigenvalue weighted by Crippen LogP contribution is 2.17. The molecule has 0 aromatic carbocycles. The van der Waals surface area contributed by atoms with E-state index in [0.717, 1.165) is 0 Å². The summed E-state index contributed by atoms with van der Waals surface area (Å²) in [4.78, 5) is 35.2. The zero-order chi connectivity index (χ0) is 15.1. The van der Waals surface area contributed by atoms with Crippen LogP contribution in [0.2, 0.25) is 0 Å². The number of carbonyl (C=O) groups is 3. The van der Waals surface area contributed by atoms with Crippen molar-refractivity contribution in [2.45, 2.75) is 32.7 Å². The molecule has 0 spiro atoms. The van der Waals surface area contributed by atoms with Crippen molar-refractivity contribution in [2.24, 2.45) is 0 Å². The average molecular weight is 336 g/mol. The summed E-state index contributed by atoms with van der Waals surface area (Å²) < 4.78 is 10.2. The second-order valence-electron chi connectivity index (χ2n) is 3.75. The van der Waals surface area contributed by atoms with Gasteiger partial charge in [0.25, 0.3) is 0 Å². The number of carbonyl (C=O) groups excluding carboxylic acids is 3. The second-order valence-corrected chi connectivity index (χ2v) is 4.88. The summed E-state index contributed by atoms with van der Waals surface area (Å²) in [5, 5.41) is 2.32. The standard InChI is InChI=1S/C12H18BrNO5/c1-5-12(14-9(4)15,10(16)18-6-2)11(17)19-7-8(3)13/h3,5-7H2,1-2,4H3,(H,14,15). The minimum Gasteiger partial charge on any atom is -0.464 e. The van der Waals surface area contributed by atoms with Crippen molar-refractivity contribution in [1.82, 2.24) is 5.32 Å². The van der Waals surface area contributed by atoms with Crippen LogP contribution < -0.4 is 5.32 Å². The van der Waals surface area contributed by atoms with E-state index in [-0.39, 0.29) is 19.6 Å². The number of hydrogen-bond acceptors (Lipinski definition) is 5. The van der Waals surface area contributed by atoms with Crippen molar-refractivity contribution in [3.05, 3.63) is 11.1 Å². The molecule has 0 aliphatic carbocycles. The third-order valence-corrected chi connectivity index (χ3v) is 2.48. The third-order valence-electron chi connectivity index (χ3n) is 2.25. The zero-order valence-corrected chi connectivity index (χ0v) is 12.8. The second kappa shape index (κ2) is 7.93. The van der Waals surface area contributed by atoms with Gasteiger partial charge in [-0.3, -0.25) is 4.79 Å². The van der Waals surface area contributed by atoms with E-state index in [1.54, 1.807) is 13.8 Å². The molecule has 7 heteroatoms. The van der Waals surface area contributed by atoms with E-state index in [9.17, 15) is 14.4 Å². The maximum atomic E-state index is 12.1. The summed E-state index contributed by atoms with van der Waals surface area (Å²) >= 11 is 3.03. The Kier molecular flexibility index (Phi) is 7.36. The Labute approximate surface area is 120 Å². The van der Waals surface area contributed by atoms with Crippen LogP contribution >= 0.6 is 15.9 Å². The summed E-state index contributed by atoms with van der Waals surface area (Å²) in [6, 6.07) is 0. The van der Waals surface area contributed by atoms with Crippen LogP contribution in [0.15, 0.2) is 11.1 Å². The van der Waals surface area contributed by atoms with Gasteiger partial charge >= 0.3 is 11.9 Å². The molecule has 0 aromatic rings. The lowest BCUT2D eigenvalue weighted by Crippen LogP contribution is -2.60. The number of hydrogen-bond donors (Lipinski definition) is 1. The average Bonchev–Trinajstić information content (AvgIpc) is 2.32. The highest BCUT2D eigenvalue weighted by Gasteiger charge is 2.48. The SMILES string of the molecule is C=C(Br)COC(=O)C(CC)(NC(C)=O)C(=O)OCC. The molecule has 108 valence electrons. The quantitative estimate of drug-likeness (QED) is 0.560. The van der Waals surface area contributed by atoms with Crippen molar-refractivity contribution in [3.8, 4) is 0 Å². The Bertz CT molecular complexity index is 382. The van der Waals surface area contributed by atoms with Gasteiger partial charge in [0.05, 0.1) is 6.61 Å². The Hall–Kier alpha value is -1.37. The third kappa shape index (κ3) is 5.02. The first-order valence-electron chi connectivity index (χ1n) is 5.76. The number of rotatable bonds is 7. The molecule has 1 atom stereocenters. The number of esters is 2. The van der Waals surface area contributed by atoms with Crippen molar-refractivity contribution in [1.29, 1.82) is 0 Å². The van der Waals surface area contributed by atoms with Crippen molar-refractivity contribution < 1.29 is 23.9 Å². The first-order chi connectivity index (χ1) is 8.80. The van der Waals surface area contributed by atoms with Crippen molar-refractivity contribution >= 4 is 33.8 Å². The number of halogens is 1. The van der Waals surface area contributed by atoms with Gasteiger partial charge in [0, 0.05) is 11.4 Å². The lowest BCUT2D eigenvalue weighted by atomic mass is 9.96. The molecule has 0 heterocycles. The molecule has 0 aromatic heterocycles. The molecule has 1 N–H and O–H groups in total. The van der Waals surface area contributed by atoms with E-state index in [1.807, 2.05) is 0 Å². The summed E-state index contributed by atoms with van der Waals surface area (Å²) in [7, 11) is 0. The molecule has 1 amide bonds. The van der Waals surface area contributed by atoms with Crippen molar-refractivity contribution in [2.75, 3.05) is 13.2 Å². The molecule has 6 nitrogen and oxygen atoms in total. The number of amides is 1. The van der Waals surface area contributed by atoms with Gasteiger partial charge in [-0.05, 0) is 13.3 Å². The lowest BCUT2D eigenvalue weighted by Gasteiger charge is -2.28. The fourth-order valence-corrected chi connectivity index (χ4v) is 1.50. The molecule has 0 saturated carbocycles. The minimum atomic E-state index is -1.82. The molecule has 1 unspecified atom stereocenters. The predicted octanol–water partition coefficient (Wildman–Crippen LogP) is 1.29. The molecule has 0 aliphatic heterocycles. The predicted molar refractivity (Wildman–Crippen MR) is 72.5 cm³/mol. The minimum absolute atomic E-state index is 0.0268. The van der Waals surface area contributed by atoms with E-state index in [2.05, 4.69) is 27.8 Å². The van der Waals surface area contributed by atoms with Crippen LogP contribution in [0.3, 0.4) is 0 Å². The molecule has 0 fully saturated rings. The van der Waals surface area contributed by atoms with Gasteiger partial charge in [0.1, 0.15) is 6.61 Å². The first kappa shape index (κ1) is 17.6. The molecule has 0 saturated heterocycles. The van der Waals surface area contributed by atoms with Gasteiger partial charge in [-0.1, -0.05) is 29.4 Å². The lowest BCUT2D eigenvalue weighted by molar-refractivity contribution is -0.167. The largest absolute Gasteiger partial charge is 0.464 e. The summed E-state index contributed by atoms with van der Waals surface area (Å²) in [5.41, 5.74) is -1.82. The molecule has 19 heavy (non-hydrogen) atoms. The van der Waals surface area contributed by atoms with Crippen molar-refractivity contribution in [3.63, 3.8) is 0 Å². The van der Waals surface area contributed by atoms with E-state index in [0.29, 0.717) is 4.48 Å². The van der Waals surface area contributed by atoms with E-state index >= 15 is 0 Å². The number of nitrogens with one attached hydrogen (secondary N) is 1. The van der Waals surface area contributed by atoms with Crippen LogP contribution in [0.25, 0.3) is 0 Å². The van der Waals surface area contributed by atoms with Crippen LogP contribution in [0.4, 0.5) is 0 Å². The van der Waals surface area contributed by atoms with E-state index in [1.165, 1.54) is 6.92 Å². The Morgan fingerprint density at radius 3 is 2.11 bits per heavy atom. The van der Waals surface area contributed by atoms with Gasteiger partial charge in [0.15, 0.2) is 0 Å². The highest BCUT2D eigenvalue weighted by atomic mass is 79.9. The molecular weight excluding hydrogens is 318 g/mol. The zero-order valence-electron chi connectivity index (χ0n) is 11.2. The normalized spacial score (nSPS) is 13.1. The monoisotopic (exact) mass is 335 g/mol. The Morgan fingerprint density at radius 2 is 1.74 bits per heavy atom. The summed E-state index contributed by atoms with van der Waals surface area (Å²) in [5.74, 6) is -2.23. The fraction of sp³-hybridized carbons (Fsp3) is 0.583. The van der Waals surface area contributed by atoms with Crippen LogP contribution in [0, 0.1) is 0 Å². The molecule has 0 bridgehead atoms. The molecule has 0 rings (SSSR count). The summed E-state index contributed by atoms with van der Waals surface area (Å²) in [6.45, 7) is 7.91. The smallest absolute Gasteiger partial charge is 0.344 e. The molecule has 0 radical (unpaired) electrons. The maximum absolute atomic E-state index is 12.1. The van der Waals surface area contributed by atoms with Gasteiger partial charge in [-0.25, -0.2) is 9.59 Å². The molecule has 0 aliphatic rings. The fourth-order valence-electron chi connectivity index (χ4n) is 1.38. The van der Waals surface area contributed by atoms with Crippen LogP contribution in [-0.4, -0.2) is 36.6 Å². The topological polar surface area (TPSA) is 81.7 Å². The molecular formula is C12H18BrNO5. The maximum Gasteiger partial charge on any atom is 0.344 e. The van der Waals surface area contributed by atoms with Gasteiger partial charge in [-0.15, -0.1) is 0 Å². The summed E-state index contributed by atoms with van der Waals surface area (Å²) in [6.07, 6.45) is 0.0268. The van der Waals surface area contributed by atoms with Gasteiger partial charge in [-0.2, -0.15) is 0 Å². The van der Waals surface area contributed by atoms with Gasteiger partial charge in [0.2, 0.25) is 11.4 Å². The van der Waals surface area contributed by atoms with Crippen LogP contribution in [0.1, 0.15) is 27.2 Å². The van der Waals surface area contributed by atoms with E-state index in [4.69, 9.17) is 9.47 Å². The van der Waals surface area contributed by atoms with Gasteiger partial charge < -0.3 is 14.8 Å². The van der Waals surface area contributed by atoms with Crippen LogP contribution in [-0.2, 0) is 23.9 Å². The number of ether oxygens (including phenoxy) is 2. The van der Waals surface area contributed by atoms with Crippen LogP contribution in [0.5, 0.6) is 0 Å². The van der Waals surface area contributed by atoms with E-state index < -0.39 is 23.4 Å². The Morgan fingerprint density at radius 1 is 1.21 bits per heavy atom.